The van der Waals surface area contributed by atoms with Gasteiger partial charge in [-0.05, 0) is 50.9 Å². The summed E-state index contributed by atoms with van der Waals surface area (Å²) in [4.78, 5) is 21.9. The average molecular weight is 386 g/mol. The molecular weight excluding hydrogens is 358 g/mol. The van der Waals surface area contributed by atoms with Crippen LogP contribution in [0.1, 0.15) is 36.4 Å². The number of benzene rings is 1. The molecule has 0 N–H and O–H groups in total. The van der Waals surface area contributed by atoms with Crippen LogP contribution in [0.25, 0.3) is 0 Å². The molecule has 0 unspecified atom stereocenters. The fourth-order valence-electron chi connectivity index (χ4n) is 3.47. The molecule has 1 amide bonds. The molecule has 27 heavy (non-hydrogen) atoms. The SMILES string of the molecule is O=C(C1CC1)N(CCN1CCCC1)Cc1csc(COc2ccccc2)n1. The number of carbonyl (C=O) groups is 1. The van der Waals surface area contributed by atoms with Crippen molar-refractivity contribution >= 4 is 17.2 Å². The van der Waals surface area contributed by atoms with E-state index in [1.807, 2.05) is 35.2 Å². The molecule has 1 aliphatic heterocycles. The molecule has 5 nitrogen and oxygen atoms in total. The number of rotatable bonds is 9. The van der Waals surface area contributed by atoms with Crippen molar-refractivity contribution in [1.82, 2.24) is 14.8 Å². The Kier molecular flexibility index (Phi) is 6.04. The molecule has 0 bridgehead atoms. The molecule has 144 valence electrons. The normalized spacial score (nSPS) is 17.2. The highest BCUT2D eigenvalue weighted by Gasteiger charge is 2.33. The lowest BCUT2D eigenvalue weighted by Crippen LogP contribution is -2.38. The number of thiazole rings is 1. The molecule has 1 aromatic heterocycles. The van der Waals surface area contributed by atoms with Crippen molar-refractivity contribution in [2.24, 2.45) is 5.92 Å². The van der Waals surface area contributed by atoms with E-state index in [4.69, 9.17) is 9.72 Å². The third kappa shape index (κ3) is 5.30. The summed E-state index contributed by atoms with van der Waals surface area (Å²) in [5.74, 6) is 1.41. The van der Waals surface area contributed by atoms with Crippen LogP contribution in [0.3, 0.4) is 0 Å². The third-order valence-electron chi connectivity index (χ3n) is 5.18. The Morgan fingerprint density at radius 2 is 2.00 bits per heavy atom. The number of aromatic nitrogens is 1. The number of para-hydroxylation sites is 1. The Labute approximate surface area is 165 Å². The van der Waals surface area contributed by atoms with Crippen molar-refractivity contribution in [1.29, 1.82) is 0 Å². The second-order valence-corrected chi connectivity index (χ2v) is 8.36. The molecule has 2 aliphatic rings. The first-order valence-electron chi connectivity index (χ1n) is 9.90. The summed E-state index contributed by atoms with van der Waals surface area (Å²) in [5.41, 5.74) is 0.974. The largest absolute Gasteiger partial charge is 0.486 e. The molecule has 1 saturated carbocycles. The van der Waals surface area contributed by atoms with E-state index in [1.165, 1.54) is 25.9 Å². The number of ether oxygens (including phenoxy) is 1. The predicted molar refractivity (Wildman–Crippen MR) is 107 cm³/mol. The fraction of sp³-hybridized carbons (Fsp3) is 0.524. The molecule has 0 spiro atoms. The van der Waals surface area contributed by atoms with Gasteiger partial charge in [0.1, 0.15) is 17.4 Å². The van der Waals surface area contributed by atoms with Gasteiger partial charge in [0, 0.05) is 24.4 Å². The van der Waals surface area contributed by atoms with Gasteiger partial charge in [0.15, 0.2) is 0 Å². The van der Waals surface area contributed by atoms with E-state index in [0.717, 1.165) is 42.4 Å². The summed E-state index contributed by atoms with van der Waals surface area (Å²) in [7, 11) is 0. The zero-order valence-electron chi connectivity index (χ0n) is 15.7. The molecule has 6 heteroatoms. The van der Waals surface area contributed by atoms with Crippen molar-refractivity contribution in [2.75, 3.05) is 26.2 Å². The number of hydrogen-bond acceptors (Lipinski definition) is 5. The van der Waals surface area contributed by atoms with Gasteiger partial charge in [-0.25, -0.2) is 4.98 Å². The number of amides is 1. The van der Waals surface area contributed by atoms with Gasteiger partial charge in [-0.2, -0.15) is 0 Å². The number of hydrogen-bond donors (Lipinski definition) is 0. The fourth-order valence-corrected chi connectivity index (χ4v) is 4.17. The molecule has 2 aromatic rings. The highest BCUT2D eigenvalue weighted by Crippen LogP contribution is 2.31. The van der Waals surface area contributed by atoms with Crippen LogP contribution < -0.4 is 4.74 Å². The van der Waals surface area contributed by atoms with E-state index >= 15 is 0 Å². The maximum atomic E-state index is 12.7. The van der Waals surface area contributed by atoms with Crippen LogP contribution in [0.5, 0.6) is 5.75 Å². The molecule has 2 fully saturated rings. The van der Waals surface area contributed by atoms with Gasteiger partial charge in [-0.15, -0.1) is 11.3 Å². The van der Waals surface area contributed by atoms with E-state index in [1.54, 1.807) is 11.3 Å². The van der Waals surface area contributed by atoms with Gasteiger partial charge in [-0.1, -0.05) is 18.2 Å². The minimum absolute atomic E-state index is 0.253. The first kappa shape index (κ1) is 18.4. The Morgan fingerprint density at radius 3 is 2.74 bits per heavy atom. The zero-order chi connectivity index (χ0) is 18.5. The summed E-state index contributed by atoms with van der Waals surface area (Å²) >= 11 is 1.61. The van der Waals surface area contributed by atoms with Crippen LogP contribution in [0.2, 0.25) is 0 Å². The summed E-state index contributed by atoms with van der Waals surface area (Å²) in [5, 5.41) is 3.01. The quantitative estimate of drug-likeness (QED) is 0.662. The lowest BCUT2D eigenvalue weighted by Gasteiger charge is -2.25. The van der Waals surface area contributed by atoms with Crippen molar-refractivity contribution in [2.45, 2.75) is 38.8 Å². The highest BCUT2D eigenvalue weighted by atomic mass is 32.1. The van der Waals surface area contributed by atoms with E-state index in [0.29, 0.717) is 19.1 Å². The molecule has 0 atom stereocenters. The van der Waals surface area contributed by atoms with Crippen molar-refractivity contribution < 1.29 is 9.53 Å². The Hall–Kier alpha value is -1.92. The topological polar surface area (TPSA) is 45.7 Å². The second kappa shape index (κ2) is 8.85. The van der Waals surface area contributed by atoms with Gasteiger partial charge in [-0.3, -0.25) is 4.79 Å². The summed E-state index contributed by atoms with van der Waals surface area (Å²) < 4.78 is 5.78. The smallest absolute Gasteiger partial charge is 0.226 e. The molecule has 1 saturated heterocycles. The first-order chi connectivity index (χ1) is 13.3. The molecule has 1 aromatic carbocycles. The highest BCUT2D eigenvalue weighted by molar-refractivity contribution is 7.09. The number of carbonyl (C=O) groups excluding carboxylic acids is 1. The van der Waals surface area contributed by atoms with E-state index in [-0.39, 0.29) is 5.92 Å². The van der Waals surface area contributed by atoms with Crippen molar-refractivity contribution in [3.05, 3.63) is 46.4 Å². The number of likely N-dealkylation sites (tertiary alicyclic amines) is 1. The molecule has 4 rings (SSSR count). The molecule has 1 aliphatic carbocycles. The van der Waals surface area contributed by atoms with Crippen molar-refractivity contribution in [3.8, 4) is 5.75 Å². The summed E-state index contributed by atoms with van der Waals surface area (Å²) in [6.07, 6.45) is 4.67. The third-order valence-corrected chi connectivity index (χ3v) is 6.05. The van der Waals surface area contributed by atoms with Crippen LogP contribution in [0.4, 0.5) is 0 Å². The average Bonchev–Trinajstić information content (AvgIpc) is 3.23. The van der Waals surface area contributed by atoms with Crippen LogP contribution in [0.15, 0.2) is 35.7 Å². The maximum absolute atomic E-state index is 12.7. The zero-order valence-corrected chi connectivity index (χ0v) is 16.5. The number of nitrogens with zero attached hydrogens (tertiary/aromatic N) is 3. The van der Waals surface area contributed by atoms with E-state index < -0.39 is 0 Å². The van der Waals surface area contributed by atoms with Crippen LogP contribution >= 0.6 is 11.3 Å². The van der Waals surface area contributed by atoms with E-state index in [2.05, 4.69) is 10.3 Å². The first-order valence-corrected chi connectivity index (χ1v) is 10.8. The summed E-state index contributed by atoms with van der Waals surface area (Å²) in [6.45, 7) is 5.21. The van der Waals surface area contributed by atoms with Gasteiger partial charge >= 0.3 is 0 Å². The summed E-state index contributed by atoms with van der Waals surface area (Å²) in [6, 6.07) is 9.79. The van der Waals surface area contributed by atoms with Gasteiger partial charge < -0.3 is 14.5 Å². The maximum Gasteiger partial charge on any atom is 0.226 e. The Balaban J connectivity index is 1.32. The minimum atomic E-state index is 0.253. The van der Waals surface area contributed by atoms with Crippen LogP contribution in [0, 0.1) is 5.92 Å². The predicted octanol–water partition coefficient (Wildman–Crippen LogP) is 3.56. The molecule has 2 heterocycles. The molecular formula is C21H27N3O2S. The minimum Gasteiger partial charge on any atom is -0.486 e. The molecule has 0 radical (unpaired) electrons. The van der Waals surface area contributed by atoms with Crippen molar-refractivity contribution in [3.63, 3.8) is 0 Å². The lowest BCUT2D eigenvalue weighted by atomic mass is 10.3. The Bertz CT molecular complexity index is 739. The van der Waals surface area contributed by atoms with Gasteiger partial charge in [0.25, 0.3) is 0 Å². The lowest BCUT2D eigenvalue weighted by molar-refractivity contribution is -0.133. The van der Waals surface area contributed by atoms with Gasteiger partial charge in [0.05, 0.1) is 12.2 Å². The van der Waals surface area contributed by atoms with E-state index in [9.17, 15) is 4.79 Å². The standard InChI is InChI=1S/C21H27N3O2S/c25-21(17-8-9-17)24(13-12-23-10-4-5-11-23)14-18-16-27-20(22-18)15-26-19-6-2-1-3-7-19/h1-3,6-7,16-17H,4-5,8-15H2. The van der Waals surface area contributed by atoms with Crippen LogP contribution in [-0.2, 0) is 17.9 Å². The second-order valence-electron chi connectivity index (χ2n) is 7.42. The van der Waals surface area contributed by atoms with Gasteiger partial charge in [0.2, 0.25) is 5.91 Å². The van der Waals surface area contributed by atoms with Crippen LogP contribution in [-0.4, -0.2) is 46.9 Å². The monoisotopic (exact) mass is 385 g/mol. The Morgan fingerprint density at radius 1 is 1.22 bits per heavy atom.